The summed E-state index contributed by atoms with van der Waals surface area (Å²) in [5.41, 5.74) is 4.70. The van der Waals surface area contributed by atoms with Crippen LogP contribution in [0.25, 0.3) is 10.9 Å². The number of benzene rings is 2. The largest absolute Gasteiger partial charge is 0.494 e. The molecule has 172 valence electrons. The minimum atomic E-state index is -1.02. The first kappa shape index (κ1) is 21.9. The predicted octanol–water partition coefficient (Wildman–Crippen LogP) is 4.74. The van der Waals surface area contributed by atoms with Crippen molar-refractivity contribution in [2.75, 3.05) is 13.1 Å². The van der Waals surface area contributed by atoms with Gasteiger partial charge in [-0.05, 0) is 74.0 Å². The summed E-state index contributed by atoms with van der Waals surface area (Å²) in [5.74, 6) is -0.995. The average molecular weight is 455 g/mol. The van der Waals surface area contributed by atoms with Crippen LogP contribution in [0.2, 0.25) is 0 Å². The Balaban J connectivity index is 1.62. The second-order valence-corrected chi connectivity index (χ2v) is 8.64. The van der Waals surface area contributed by atoms with Gasteiger partial charge in [0.15, 0.2) is 0 Å². The number of nitrogens with zero attached hydrogens (tertiary/aromatic N) is 4. The summed E-state index contributed by atoms with van der Waals surface area (Å²) in [6.07, 6.45) is 5.87. The van der Waals surface area contributed by atoms with Crippen LogP contribution in [0.3, 0.4) is 0 Å². The summed E-state index contributed by atoms with van der Waals surface area (Å²) in [6, 6.07) is 16.6. The number of rotatable bonds is 6. The molecule has 1 fully saturated rings. The van der Waals surface area contributed by atoms with Crippen molar-refractivity contribution in [1.29, 1.82) is 0 Å². The van der Waals surface area contributed by atoms with E-state index in [9.17, 15) is 15.0 Å². The van der Waals surface area contributed by atoms with E-state index in [2.05, 4.69) is 22.0 Å². The molecular weight excluding hydrogens is 428 g/mol. The number of hydrogen-bond acceptors (Lipinski definition) is 5. The predicted molar refractivity (Wildman–Crippen MR) is 132 cm³/mol. The molecule has 0 spiro atoms. The standard InChI is InChI=1S/C27H26N4O3/c1-30-23-9-6-20(27(33)34)16-22(23)24(26(30)32)25(19-10-12-28-13-11-19)29-21-7-4-18(5-8-21)17-31-14-2-3-15-31/h4-13,16,32H,2-3,14-15,17H2,1H3,(H,33,34). The van der Waals surface area contributed by atoms with Crippen LogP contribution in [0.4, 0.5) is 5.69 Å². The van der Waals surface area contributed by atoms with Crippen LogP contribution in [0.5, 0.6) is 5.88 Å². The van der Waals surface area contributed by atoms with E-state index in [0.717, 1.165) is 36.4 Å². The van der Waals surface area contributed by atoms with Crippen molar-refractivity contribution in [1.82, 2.24) is 14.5 Å². The molecule has 34 heavy (non-hydrogen) atoms. The van der Waals surface area contributed by atoms with Gasteiger partial charge in [-0.3, -0.25) is 9.88 Å². The Bertz CT molecular complexity index is 1370. The van der Waals surface area contributed by atoms with Crippen molar-refractivity contribution in [3.63, 3.8) is 0 Å². The Labute approximate surface area is 197 Å². The van der Waals surface area contributed by atoms with Gasteiger partial charge in [-0.25, -0.2) is 9.79 Å². The Morgan fingerprint density at radius 2 is 1.71 bits per heavy atom. The first-order valence-electron chi connectivity index (χ1n) is 11.4. The molecule has 3 heterocycles. The number of aliphatic imine (C=N–C) groups is 1. The SMILES string of the molecule is Cn1c(O)c(C(=Nc2ccc(CN3CCCC3)cc2)c2ccncc2)c2cc(C(=O)O)ccc21. The van der Waals surface area contributed by atoms with Gasteiger partial charge in [-0.2, -0.15) is 0 Å². The Morgan fingerprint density at radius 1 is 1.00 bits per heavy atom. The smallest absolute Gasteiger partial charge is 0.335 e. The molecule has 5 rings (SSSR count). The van der Waals surface area contributed by atoms with Gasteiger partial charge in [0.25, 0.3) is 0 Å². The molecule has 1 aliphatic heterocycles. The summed E-state index contributed by atoms with van der Waals surface area (Å²) < 4.78 is 1.64. The lowest BCUT2D eigenvalue weighted by Gasteiger charge is -2.14. The summed E-state index contributed by atoms with van der Waals surface area (Å²) in [6.45, 7) is 3.22. The van der Waals surface area contributed by atoms with Crippen molar-refractivity contribution < 1.29 is 15.0 Å². The normalized spacial score (nSPS) is 14.7. The van der Waals surface area contributed by atoms with Crippen molar-refractivity contribution in [2.45, 2.75) is 19.4 Å². The van der Waals surface area contributed by atoms with Gasteiger partial charge in [-0.1, -0.05) is 12.1 Å². The van der Waals surface area contributed by atoms with Gasteiger partial charge in [0.2, 0.25) is 5.88 Å². The molecule has 7 heteroatoms. The van der Waals surface area contributed by atoms with Gasteiger partial charge in [0.05, 0.1) is 28.0 Å². The van der Waals surface area contributed by atoms with E-state index >= 15 is 0 Å². The van der Waals surface area contributed by atoms with Crippen molar-refractivity contribution in [2.24, 2.45) is 12.0 Å². The first-order chi connectivity index (χ1) is 16.5. The molecule has 2 aromatic heterocycles. The maximum atomic E-state index is 11.6. The zero-order valence-electron chi connectivity index (χ0n) is 19.0. The summed E-state index contributed by atoms with van der Waals surface area (Å²) in [4.78, 5) is 23.1. The van der Waals surface area contributed by atoms with Crippen LogP contribution in [-0.4, -0.2) is 49.4 Å². The number of pyridine rings is 1. The van der Waals surface area contributed by atoms with Gasteiger partial charge in [-0.15, -0.1) is 0 Å². The highest BCUT2D eigenvalue weighted by molar-refractivity contribution is 6.22. The van der Waals surface area contributed by atoms with Crippen LogP contribution in [-0.2, 0) is 13.6 Å². The topological polar surface area (TPSA) is 91.0 Å². The fourth-order valence-electron chi connectivity index (χ4n) is 4.58. The highest BCUT2D eigenvalue weighted by Gasteiger charge is 2.22. The molecule has 1 saturated heterocycles. The summed E-state index contributed by atoms with van der Waals surface area (Å²) in [7, 11) is 1.75. The zero-order chi connectivity index (χ0) is 23.7. The molecule has 0 aliphatic carbocycles. The van der Waals surface area contributed by atoms with Crippen molar-refractivity contribution in [3.05, 3.63) is 89.2 Å². The Hall–Kier alpha value is -3.97. The molecule has 0 bridgehead atoms. The molecule has 0 saturated carbocycles. The minimum Gasteiger partial charge on any atom is -0.494 e. The molecule has 0 unspecified atom stereocenters. The molecule has 4 aromatic rings. The van der Waals surface area contributed by atoms with Crippen molar-refractivity contribution >= 4 is 28.3 Å². The minimum absolute atomic E-state index is 0.0266. The highest BCUT2D eigenvalue weighted by atomic mass is 16.4. The summed E-state index contributed by atoms with van der Waals surface area (Å²) in [5, 5.41) is 21.2. The number of aryl methyl sites for hydroxylation is 1. The van der Waals surface area contributed by atoms with E-state index in [4.69, 9.17) is 4.99 Å². The van der Waals surface area contributed by atoms with Crippen LogP contribution >= 0.6 is 0 Å². The van der Waals surface area contributed by atoms with Crippen LogP contribution in [0, 0.1) is 0 Å². The molecule has 7 nitrogen and oxygen atoms in total. The Morgan fingerprint density at radius 3 is 2.38 bits per heavy atom. The Kier molecular flexibility index (Phi) is 5.86. The number of carbonyl (C=O) groups is 1. The average Bonchev–Trinajstić information content (AvgIpc) is 3.45. The molecule has 0 atom stereocenters. The quantitative estimate of drug-likeness (QED) is 0.411. The van der Waals surface area contributed by atoms with E-state index < -0.39 is 5.97 Å². The van der Waals surface area contributed by atoms with Gasteiger partial charge in [0, 0.05) is 36.9 Å². The van der Waals surface area contributed by atoms with E-state index in [1.807, 2.05) is 24.3 Å². The molecule has 0 amide bonds. The number of likely N-dealkylation sites (tertiary alicyclic amines) is 1. The van der Waals surface area contributed by atoms with E-state index in [1.54, 1.807) is 36.1 Å². The number of carboxylic acid groups (broad SMARTS) is 1. The number of carboxylic acids is 1. The monoisotopic (exact) mass is 454 g/mol. The fourth-order valence-corrected chi connectivity index (χ4v) is 4.58. The second-order valence-electron chi connectivity index (χ2n) is 8.64. The van der Waals surface area contributed by atoms with Crippen molar-refractivity contribution in [3.8, 4) is 5.88 Å². The lowest BCUT2D eigenvalue weighted by atomic mass is 10.0. The number of aromatic hydroxyl groups is 1. The number of aromatic carboxylic acids is 1. The first-order valence-corrected chi connectivity index (χ1v) is 11.4. The van der Waals surface area contributed by atoms with E-state index in [1.165, 1.54) is 24.5 Å². The maximum absolute atomic E-state index is 11.6. The van der Waals surface area contributed by atoms with Crippen LogP contribution < -0.4 is 0 Å². The van der Waals surface area contributed by atoms with E-state index in [-0.39, 0.29) is 11.4 Å². The van der Waals surface area contributed by atoms with Gasteiger partial charge in [0.1, 0.15) is 0 Å². The highest BCUT2D eigenvalue weighted by Crippen LogP contribution is 2.34. The zero-order valence-corrected chi connectivity index (χ0v) is 19.0. The van der Waals surface area contributed by atoms with Gasteiger partial charge < -0.3 is 14.8 Å². The maximum Gasteiger partial charge on any atom is 0.335 e. The third-order valence-corrected chi connectivity index (χ3v) is 6.39. The lowest BCUT2D eigenvalue weighted by Crippen LogP contribution is -2.18. The lowest BCUT2D eigenvalue weighted by molar-refractivity contribution is 0.0697. The number of fused-ring (bicyclic) bond motifs is 1. The number of aromatic nitrogens is 2. The molecule has 2 N–H and O–H groups in total. The third-order valence-electron chi connectivity index (χ3n) is 6.39. The second kappa shape index (κ2) is 9.11. The summed E-state index contributed by atoms with van der Waals surface area (Å²) >= 11 is 0. The third kappa shape index (κ3) is 4.18. The van der Waals surface area contributed by atoms with Gasteiger partial charge >= 0.3 is 5.97 Å². The van der Waals surface area contributed by atoms with Crippen LogP contribution in [0.15, 0.2) is 72.0 Å². The fraction of sp³-hybridized carbons (Fsp3) is 0.222. The number of hydrogen-bond donors (Lipinski definition) is 2. The van der Waals surface area contributed by atoms with E-state index in [0.29, 0.717) is 16.7 Å². The molecule has 0 radical (unpaired) electrons. The molecular formula is C27H26N4O3. The molecule has 1 aliphatic rings. The molecule has 2 aromatic carbocycles. The van der Waals surface area contributed by atoms with Crippen LogP contribution in [0.1, 0.15) is 39.9 Å².